The van der Waals surface area contributed by atoms with Crippen molar-refractivity contribution in [3.8, 4) is 5.75 Å². The third kappa shape index (κ3) is 4.55. The summed E-state index contributed by atoms with van der Waals surface area (Å²) in [5, 5.41) is 5.19. The van der Waals surface area contributed by atoms with Crippen LogP contribution in [-0.4, -0.2) is 23.7 Å². The molecule has 0 atom stereocenters. The summed E-state index contributed by atoms with van der Waals surface area (Å²) in [4.78, 5) is 16.1. The first-order chi connectivity index (χ1) is 12.1. The average molecular weight is 354 g/mol. The Morgan fingerprint density at radius 3 is 2.84 bits per heavy atom. The Bertz CT molecular complexity index is 927. The van der Waals surface area contributed by atoms with Gasteiger partial charge in [0.25, 0.3) is 5.91 Å². The third-order valence-corrected chi connectivity index (χ3v) is 3.76. The SMILES string of the molecule is Cc1ccc2cc(/C=N\NC(=O)COc3ccccc3)c(Cl)nc2c1. The highest BCUT2D eigenvalue weighted by atomic mass is 35.5. The number of hydrazone groups is 1. The van der Waals surface area contributed by atoms with Crippen molar-refractivity contribution in [2.75, 3.05) is 6.61 Å². The summed E-state index contributed by atoms with van der Waals surface area (Å²) in [7, 11) is 0. The van der Waals surface area contributed by atoms with Crippen LogP contribution in [0.4, 0.5) is 0 Å². The maximum absolute atomic E-state index is 11.7. The molecule has 1 amide bonds. The summed E-state index contributed by atoms with van der Waals surface area (Å²) in [6.07, 6.45) is 1.47. The van der Waals surface area contributed by atoms with Gasteiger partial charge in [-0.3, -0.25) is 4.79 Å². The molecule has 0 unspecified atom stereocenters. The average Bonchev–Trinajstić information content (AvgIpc) is 2.61. The van der Waals surface area contributed by atoms with Crippen LogP contribution < -0.4 is 10.2 Å². The second-order valence-corrected chi connectivity index (χ2v) is 5.82. The number of halogens is 1. The Kier molecular flexibility index (Phi) is 5.26. The van der Waals surface area contributed by atoms with Crippen LogP contribution in [0.5, 0.6) is 5.75 Å². The molecule has 0 aliphatic heterocycles. The molecule has 0 radical (unpaired) electrons. The number of carbonyl (C=O) groups excluding carboxylic acids is 1. The molecule has 25 heavy (non-hydrogen) atoms. The molecule has 0 aliphatic carbocycles. The summed E-state index contributed by atoms with van der Waals surface area (Å²) < 4.78 is 5.34. The van der Waals surface area contributed by atoms with E-state index in [2.05, 4.69) is 15.5 Å². The van der Waals surface area contributed by atoms with Gasteiger partial charge in [-0.2, -0.15) is 5.10 Å². The molecule has 3 rings (SSSR count). The second kappa shape index (κ2) is 7.77. The number of amides is 1. The summed E-state index contributed by atoms with van der Waals surface area (Å²) in [5.74, 6) is 0.263. The highest BCUT2D eigenvalue weighted by Gasteiger charge is 2.04. The summed E-state index contributed by atoms with van der Waals surface area (Å²) in [5.41, 5.74) is 4.97. The minimum atomic E-state index is -0.361. The van der Waals surface area contributed by atoms with Gasteiger partial charge < -0.3 is 4.74 Å². The van der Waals surface area contributed by atoms with Crippen molar-refractivity contribution in [2.24, 2.45) is 5.10 Å². The van der Waals surface area contributed by atoms with Gasteiger partial charge in [-0.1, -0.05) is 41.9 Å². The minimum Gasteiger partial charge on any atom is -0.484 e. The molecule has 1 heterocycles. The normalized spacial score (nSPS) is 11.0. The quantitative estimate of drug-likeness (QED) is 0.432. The van der Waals surface area contributed by atoms with Gasteiger partial charge in [-0.05, 0) is 36.8 Å². The van der Waals surface area contributed by atoms with E-state index in [0.29, 0.717) is 16.5 Å². The minimum absolute atomic E-state index is 0.121. The first kappa shape index (κ1) is 16.9. The number of carbonyl (C=O) groups is 1. The number of nitrogens with one attached hydrogen (secondary N) is 1. The molecule has 5 nitrogen and oxygen atoms in total. The van der Waals surface area contributed by atoms with Crippen LogP contribution in [0.15, 0.2) is 59.7 Å². The van der Waals surface area contributed by atoms with Crippen molar-refractivity contribution in [3.63, 3.8) is 0 Å². The lowest BCUT2D eigenvalue weighted by atomic mass is 10.1. The van der Waals surface area contributed by atoms with E-state index in [1.54, 1.807) is 12.1 Å². The molecule has 126 valence electrons. The van der Waals surface area contributed by atoms with Gasteiger partial charge in [0, 0.05) is 10.9 Å². The zero-order valence-electron chi connectivity index (χ0n) is 13.6. The van der Waals surface area contributed by atoms with Gasteiger partial charge in [0.1, 0.15) is 10.9 Å². The van der Waals surface area contributed by atoms with Crippen LogP contribution in [0.3, 0.4) is 0 Å². The zero-order chi connectivity index (χ0) is 17.6. The molecule has 0 saturated carbocycles. The van der Waals surface area contributed by atoms with Crippen molar-refractivity contribution >= 4 is 34.6 Å². The fourth-order valence-corrected chi connectivity index (χ4v) is 2.43. The summed E-state index contributed by atoms with van der Waals surface area (Å²) in [6, 6.07) is 16.9. The molecule has 0 aliphatic rings. The van der Waals surface area contributed by atoms with Crippen molar-refractivity contribution in [2.45, 2.75) is 6.92 Å². The van der Waals surface area contributed by atoms with Crippen molar-refractivity contribution in [3.05, 3.63) is 70.9 Å². The number of rotatable bonds is 5. The van der Waals surface area contributed by atoms with E-state index in [9.17, 15) is 4.79 Å². The maximum atomic E-state index is 11.7. The van der Waals surface area contributed by atoms with E-state index >= 15 is 0 Å². The van der Waals surface area contributed by atoms with Crippen LogP contribution >= 0.6 is 11.6 Å². The molecule has 0 bridgehead atoms. The van der Waals surface area contributed by atoms with Crippen LogP contribution in [0.2, 0.25) is 5.15 Å². The molecule has 0 spiro atoms. The standard InChI is InChI=1S/C19H16ClN3O2/c1-13-7-8-14-10-15(19(20)22-17(14)9-13)11-21-23-18(24)12-25-16-5-3-2-4-6-16/h2-11H,12H2,1H3,(H,23,24)/b21-11-. The lowest BCUT2D eigenvalue weighted by Gasteiger charge is -2.05. The number of aromatic nitrogens is 1. The molecule has 6 heteroatoms. The maximum Gasteiger partial charge on any atom is 0.277 e. The van der Waals surface area contributed by atoms with Crippen molar-refractivity contribution in [1.82, 2.24) is 10.4 Å². The van der Waals surface area contributed by atoms with Crippen LogP contribution in [0.25, 0.3) is 10.9 Å². The summed E-state index contributed by atoms with van der Waals surface area (Å²) in [6.45, 7) is 1.88. The topological polar surface area (TPSA) is 63.6 Å². The van der Waals surface area contributed by atoms with Crippen molar-refractivity contribution in [1.29, 1.82) is 0 Å². The fourth-order valence-electron chi connectivity index (χ4n) is 2.23. The van der Waals surface area contributed by atoms with E-state index in [-0.39, 0.29) is 12.5 Å². The van der Waals surface area contributed by atoms with Crippen molar-refractivity contribution < 1.29 is 9.53 Å². The van der Waals surface area contributed by atoms with Gasteiger partial charge in [-0.15, -0.1) is 0 Å². The third-order valence-electron chi connectivity index (χ3n) is 3.46. The number of hydrogen-bond acceptors (Lipinski definition) is 4. The molecule has 0 saturated heterocycles. The van der Waals surface area contributed by atoms with E-state index in [1.165, 1.54) is 6.21 Å². The molecule has 3 aromatic rings. The number of nitrogens with zero attached hydrogens (tertiary/aromatic N) is 2. The smallest absolute Gasteiger partial charge is 0.277 e. The number of para-hydroxylation sites is 1. The number of aryl methyl sites for hydroxylation is 1. The first-order valence-corrected chi connectivity index (χ1v) is 8.06. The van der Waals surface area contributed by atoms with Crippen LogP contribution in [0.1, 0.15) is 11.1 Å². The Morgan fingerprint density at radius 1 is 1.24 bits per heavy atom. The molecule has 1 N–H and O–H groups in total. The van der Waals surface area contributed by atoms with E-state index in [1.807, 2.05) is 49.4 Å². The van der Waals surface area contributed by atoms with Gasteiger partial charge in [0.05, 0.1) is 11.7 Å². The Balaban J connectivity index is 1.61. The highest BCUT2D eigenvalue weighted by Crippen LogP contribution is 2.20. The van der Waals surface area contributed by atoms with E-state index < -0.39 is 0 Å². The number of ether oxygens (including phenoxy) is 1. The largest absolute Gasteiger partial charge is 0.484 e. The monoisotopic (exact) mass is 353 g/mol. The summed E-state index contributed by atoms with van der Waals surface area (Å²) >= 11 is 6.17. The zero-order valence-corrected chi connectivity index (χ0v) is 14.3. The second-order valence-electron chi connectivity index (χ2n) is 5.46. The number of hydrogen-bond donors (Lipinski definition) is 1. The Labute approximate surface area is 150 Å². The predicted molar refractivity (Wildman–Crippen MR) is 99.2 cm³/mol. The molecular weight excluding hydrogens is 338 g/mol. The van der Waals surface area contributed by atoms with E-state index in [0.717, 1.165) is 16.5 Å². The van der Waals surface area contributed by atoms with Gasteiger partial charge in [-0.25, -0.2) is 10.4 Å². The fraction of sp³-hybridized carbons (Fsp3) is 0.105. The number of pyridine rings is 1. The van der Waals surface area contributed by atoms with Crippen LogP contribution in [0, 0.1) is 6.92 Å². The number of fused-ring (bicyclic) bond motifs is 1. The molecule has 2 aromatic carbocycles. The number of benzene rings is 2. The molecule has 0 fully saturated rings. The predicted octanol–water partition coefficient (Wildman–Crippen LogP) is 3.73. The molecular formula is C19H16ClN3O2. The van der Waals surface area contributed by atoms with Gasteiger partial charge >= 0.3 is 0 Å². The van der Waals surface area contributed by atoms with E-state index in [4.69, 9.17) is 16.3 Å². The highest BCUT2D eigenvalue weighted by molar-refractivity contribution is 6.32. The van der Waals surface area contributed by atoms with Gasteiger partial charge in [0.15, 0.2) is 6.61 Å². The Morgan fingerprint density at radius 2 is 2.04 bits per heavy atom. The molecule has 1 aromatic heterocycles. The van der Waals surface area contributed by atoms with Crippen LogP contribution in [-0.2, 0) is 4.79 Å². The van der Waals surface area contributed by atoms with Gasteiger partial charge in [0.2, 0.25) is 0 Å². The lowest BCUT2D eigenvalue weighted by molar-refractivity contribution is -0.123. The Hall–Kier alpha value is -2.92. The lowest BCUT2D eigenvalue weighted by Crippen LogP contribution is -2.24. The first-order valence-electron chi connectivity index (χ1n) is 7.68.